The molecule has 1 atom stereocenters. The van der Waals surface area contributed by atoms with Gasteiger partial charge in [-0.25, -0.2) is 0 Å². The Morgan fingerprint density at radius 2 is 2.06 bits per heavy atom. The lowest BCUT2D eigenvalue weighted by molar-refractivity contribution is 0.430. The van der Waals surface area contributed by atoms with Crippen LogP contribution in [0.25, 0.3) is 0 Å². The van der Waals surface area contributed by atoms with E-state index in [0.29, 0.717) is 10.0 Å². The van der Waals surface area contributed by atoms with Crippen LogP contribution in [0.5, 0.6) is 0 Å². The first kappa shape index (κ1) is 12.5. The summed E-state index contributed by atoms with van der Waals surface area (Å²) in [6.45, 7) is 2.77. The van der Waals surface area contributed by atoms with Crippen LogP contribution in [0.15, 0.2) is 41.0 Å². The molecule has 0 fully saturated rings. The fraction of sp³-hybridized carbons (Fsp3) is 0.231. The Kier molecular flexibility index (Phi) is 4.11. The Morgan fingerprint density at radius 1 is 1.24 bits per heavy atom. The average Bonchev–Trinajstić information content (AvgIpc) is 2.84. The number of furan rings is 1. The molecule has 17 heavy (non-hydrogen) atoms. The molecule has 0 radical (unpaired) electrons. The Morgan fingerprint density at radius 3 is 2.71 bits per heavy atom. The highest BCUT2D eigenvalue weighted by atomic mass is 35.5. The van der Waals surface area contributed by atoms with Crippen molar-refractivity contribution < 1.29 is 4.42 Å². The molecule has 2 nitrogen and oxygen atoms in total. The minimum Gasteiger partial charge on any atom is -0.468 e. The van der Waals surface area contributed by atoms with Gasteiger partial charge in [-0.05, 0) is 36.8 Å². The van der Waals surface area contributed by atoms with Gasteiger partial charge in [0.05, 0.1) is 22.4 Å². The van der Waals surface area contributed by atoms with Crippen LogP contribution in [0.4, 0.5) is 0 Å². The molecular weight excluding hydrogens is 257 g/mol. The molecule has 0 bridgehead atoms. The molecule has 90 valence electrons. The van der Waals surface area contributed by atoms with Crippen LogP contribution in [-0.2, 0) is 6.54 Å². The topological polar surface area (TPSA) is 25.2 Å². The summed E-state index contributed by atoms with van der Waals surface area (Å²) in [6, 6.07) is 9.62. The predicted octanol–water partition coefficient (Wildman–Crippen LogP) is 4.44. The van der Waals surface area contributed by atoms with Crippen molar-refractivity contribution in [2.45, 2.75) is 19.5 Å². The first-order chi connectivity index (χ1) is 8.16. The van der Waals surface area contributed by atoms with Crippen molar-refractivity contribution in [2.24, 2.45) is 0 Å². The van der Waals surface area contributed by atoms with Crippen molar-refractivity contribution in [3.63, 3.8) is 0 Å². The molecule has 4 heteroatoms. The second kappa shape index (κ2) is 5.58. The molecule has 1 N–H and O–H groups in total. The zero-order valence-corrected chi connectivity index (χ0v) is 10.9. The Balaban J connectivity index is 1.96. The maximum absolute atomic E-state index is 5.95. The Hall–Kier alpha value is -0.960. The van der Waals surface area contributed by atoms with E-state index >= 15 is 0 Å². The van der Waals surface area contributed by atoms with E-state index in [1.54, 1.807) is 12.3 Å². The zero-order chi connectivity index (χ0) is 12.3. The summed E-state index contributed by atoms with van der Waals surface area (Å²) in [6.07, 6.45) is 1.67. The quantitative estimate of drug-likeness (QED) is 0.888. The lowest BCUT2D eigenvalue weighted by Gasteiger charge is -2.11. The summed E-state index contributed by atoms with van der Waals surface area (Å²) in [5.41, 5.74) is 1.10. The summed E-state index contributed by atoms with van der Waals surface area (Å²) >= 11 is 11.8. The monoisotopic (exact) mass is 269 g/mol. The third-order valence-corrected chi connectivity index (χ3v) is 3.31. The molecule has 1 heterocycles. The van der Waals surface area contributed by atoms with Gasteiger partial charge >= 0.3 is 0 Å². The molecule has 1 aromatic heterocycles. The van der Waals surface area contributed by atoms with Crippen molar-refractivity contribution in [1.82, 2.24) is 5.32 Å². The molecule has 0 amide bonds. The van der Waals surface area contributed by atoms with Gasteiger partial charge in [-0.1, -0.05) is 29.3 Å². The first-order valence-corrected chi connectivity index (χ1v) is 6.13. The van der Waals surface area contributed by atoms with Crippen LogP contribution in [0.3, 0.4) is 0 Å². The summed E-state index contributed by atoms with van der Waals surface area (Å²) in [7, 11) is 0. The molecular formula is C13H13Cl2NO. The van der Waals surface area contributed by atoms with E-state index in [-0.39, 0.29) is 6.04 Å². The number of benzene rings is 1. The van der Waals surface area contributed by atoms with Crippen LogP contribution in [0.2, 0.25) is 10.0 Å². The number of hydrogen-bond donors (Lipinski definition) is 1. The first-order valence-electron chi connectivity index (χ1n) is 5.37. The molecule has 2 aromatic rings. The van der Waals surface area contributed by atoms with Gasteiger partial charge in [0.2, 0.25) is 0 Å². The molecule has 0 aliphatic carbocycles. The summed E-state index contributed by atoms with van der Waals surface area (Å²) in [5, 5.41) is 4.51. The molecule has 0 saturated carbocycles. The fourth-order valence-corrected chi connectivity index (χ4v) is 1.88. The van der Waals surface area contributed by atoms with Gasteiger partial charge < -0.3 is 9.73 Å². The van der Waals surface area contributed by atoms with Gasteiger partial charge in [0.1, 0.15) is 5.76 Å². The van der Waals surface area contributed by atoms with E-state index in [0.717, 1.165) is 17.9 Å². The van der Waals surface area contributed by atoms with Crippen molar-refractivity contribution in [2.75, 3.05) is 0 Å². The molecule has 0 aliphatic heterocycles. The summed E-state index contributed by atoms with van der Waals surface area (Å²) < 4.78 is 5.32. The van der Waals surface area contributed by atoms with Crippen LogP contribution in [0.1, 0.15) is 24.3 Å². The molecule has 0 aliphatic rings. The van der Waals surface area contributed by atoms with E-state index in [1.165, 1.54) is 0 Å². The lowest BCUT2D eigenvalue weighted by Crippen LogP contribution is -2.17. The number of rotatable bonds is 4. The van der Waals surface area contributed by atoms with Gasteiger partial charge in [-0.3, -0.25) is 0 Å². The Bertz CT molecular complexity index is 482. The summed E-state index contributed by atoms with van der Waals surface area (Å²) in [4.78, 5) is 0. The molecule has 2 rings (SSSR count). The average molecular weight is 270 g/mol. The largest absolute Gasteiger partial charge is 0.468 e. The van der Waals surface area contributed by atoms with Gasteiger partial charge in [0.25, 0.3) is 0 Å². The van der Waals surface area contributed by atoms with Crippen molar-refractivity contribution in [3.05, 3.63) is 58.0 Å². The van der Waals surface area contributed by atoms with Crippen LogP contribution >= 0.6 is 23.2 Å². The van der Waals surface area contributed by atoms with Crippen molar-refractivity contribution in [3.8, 4) is 0 Å². The lowest BCUT2D eigenvalue weighted by atomic mass is 10.2. The maximum Gasteiger partial charge on any atom is 0.120 e. The SMILES string of the molecule is CC(NCc1ccc(Cl)c(Cl)c1)c1ccco1. The van der Waals surface area contributed by atoms with E-state index in [1.807, 2.05) is 24.3 Å². The fourth-order valence-electron chi connectivity index (χ4n) is 1.56. The van der Waals surface area contributed by atoms with Gasteiger partial charge in [0.15, 0.2) is 0 Å². The molecule has 0 saturated heterocycles. The Labute approximate surface area is 111 Å². The molecule has 1 unspecified atom stereocenters. The highest BCUT2D eigenvalue weighted by molar-refractivity contribution is 6.42. The van der Waals surface area contributed by atoms with E-state index in [2.05, 4.69) is 12.2 Å². The highest BCUT2D eigenvalue weighted by Crippen LogP contribution is 2.23. The van der Waals surface area contributed by atoms with E-state index in [9.17, 15) is 0 Å². The predicted molar refractivity (Wildman–Crippen MR) is 70.4 cm³/mol. The van der Waals surface area contributed by atoms with E-state index in [4.69, 9.17) is 27.6 Å². The van der Waals surface area contributed by atoms with Crippen LogP contribution < -0.4 is 5.32 Å². The van der Waals surface area contributed by atoms with Crippen molar-refractivity contribution >= 4 is 23.2 Å². The van der Waals surface area contributed by atoms with Gasteiger partial charge in [0, 0.05) is 6.54 Å². The minimum absolute atomic E-state index is 0.166. The normalized spacial score (nSPS) is 12.6. The smallest absolute Gasteiger partial charge is 0.120 e. The van der Waals surface area contributed by atoms with Crippen molar-refractivity contribution in [1.29, 1.82) is 0 Å². The van der Waals surface area contributed by atoms with Crippen LogP contribution in [-0.4, -0.2) is 0 Å². The highest BCUT2D eigenvalue weighted by Gasteiger charge is 2.07. The third-order valence-electron chi connectivity index (χ3n) is 2.57. The van der Waals surface area contributed by atoms with E-state index < -0.39 is 0 Å². The third kappa shape index (κ3) is 3.25. The van der Waals surface area contributed by atoms with Gasteiger partial charge in [-0.2, -0.15) is 0 Å². The minimum atomic E-state index is 0.166. The zero-order valence-electron chi connectivity index (χ0n) is 9.41. The second-order valence-electron chi connectivity index (χ2n) is 3.87. The number of halogens is 2. The summed E-state index contributed by atoms with van der Waals surface area (Å²) in [5.74, 6) is 0.921. The second-order valence-corrected chi connectivity index (χ2v) is 4.68. The van der Waals surface area contributed by atoms with Gasteiger partial charge in [-0.15, -0.1) is 0 Å². The maximum atomic E-state index is 5.95. The van der Waals surface area contributed by atoms with Crippen LogP contribution in [0, 0.1) is 0 Å². The molecule has 0 spiro atoms. The standard InChI is InChI=1S/C13H13Cl2NO/c1-9(13-3-2-6-17-13)16-8-10-4-5-11(14)12(15)7-10/h2-7,9,16H,8H2,1H3. The number of nitrogens with one attached hydrogen (secondary N) is 1. The number of hydrogen-bond acceptors (Lipinski definition) is 2. The molecule has 1 aromatic carbocycles.